The number of rotatable bonds is 9. The zero-order valence-corrected chi connectivity index (χ0v) is 17.3. The summed E-state index contributed by atoms with van der Waals surface area (Å²) in [6.07, 6.45) is 0. The molecule has 0 saturated carbocycles. The molecule has 0 unspecified atom stereocenters. The Balaban J connectivity index is 2.40. The molecule has 2 rings (SSSR count). The van der Waals surface area contributed by atoms with E-state index in [1.807, 2.05) is 6.92 Å². The van der Waals surface area contributed by atoms with E-state index in [1.165, 1.54) is 26.4 Å². The molecule has 0 bridgehead atoms. The quantitative estimate of drug-likeness (QED) is 0.691. The number of sulfonamides is 1. The van der Waals surface area contributed by atoms with Gasteiger partial charge in [-0.3, -0.25) is 9.10 Å². The van der Waals surface area contributed by atoms with Crippen LogP contribution in [-0.4, -0.2) is 47.7 Å². The van der Waals surface area contributed by atoms with Gasteiger partial charge in [-0.25, -0.2) is 8.42 Å². The van der Waals surface area contributed by atoms with Gasteiger partial charge >= 0.3 is 0 Å². The number of nitrogens with zero attached hydrogens (tertiary/aromatic N) is 1. The summed E-state index contributed by atoms with van der Waals surface area (Å²) < 4.78 is 37.8. The molecule has 0 saturated heterocycles. The molecular formula is C20H26N2O5S. The van der Waals surface area contributed by atoms with Crippen LogP contribution in [0.1, 0.15) is 12.5 Å². The van der Waals surface area contributed by atoms with Crippen molar-refractivity contribution in [2.45, 2.75) is 24.8 Å². The van der Waals surface area contributed by atoms with Crippen molar-refractivity contribution in [2.75, 3.05) is 31.7 Å². The summed E-state index contributed by atoms with van der Waals surface area (Å²) in [4.78, 5) is 12.6. The van der Waals surface area contributed by atoms with Crippen LogP contribution in [-0.2, 0) is 19.6 Å². The first-order valence-corrected chi connectivity index (χ1v) is 10.2. The molecule has 1 amide bonds. The van der Waals surface area contributed by atoms with E-state index in [0.29, 0.717) is 18.0 Å². The number of anilines is 1. The first-order chi connectivity index (χ1) is 13.3. The van der Waals surface area contributed by atoms with Crippen molar-refractivity contribution in [1.29, 1.82) is 0 Å². The fraction of sp³-hybridized carbons (Fsp3) is 0.350. The molecule has 0 radical (unpaired) electrons. The lowest BCUT2D eigenvalue weighted by Gasteiger charge is -2.25. The molecule has 28 heavy (non-hydrogen) atoms. The Labute approximate surface area is 166 Å². The highest BCUT2D eigenvalue weighted by Gasteiger charge is 2.27. The second-order valence-electron chi connectivity index (χ2n) is 6.45. The number of benzene rings is 2. The standard InChI is InChI=1S/C20H26N2O5S/c1-15-8-10-19(11-9-15)28(24,25)22(13-20(23)21-16(2)14-26-3)17-6-5-7-18(12-17)27-4/h5-12,16H,13-14H2,1-4H3,(H,21,23)/t16-/m0/s1. The van der Waals surface area contributed by atoms with Gasteiger partial charge < -0.3 is 14.8 Å². The van der Waals surface area contributed by atoms with Gasteiger partial charge in [0.2, 0.25) is 5.91 Å². The molecule has 0 spiro atoms. The predicted octanol–water partition coefficient (Wildman–Crippen LogP) is 2.35. The van der Waals surface area contributed by atoms with E-state index in [-0.39, 0.29) is 17.5 Å². The van der Waals surface area contributed by atoms with Crippen molar-refractivity contribution < 1.29 is 22.7 Å². The molecule has 1 atom stereocenters. The van der Waals surface area contributed by atoms with Crippen LogP contribution in [0.15, 0.2) is 53.4 Å². The van der Waals surface area contributed by atoms with Gasteiger partial charge in [-0.05, 0) is 38.1 Å². The molecule has 0 fully saturated rings. The normalized spacial score (nSPS) is 12.3. The van der Waals surface area contributed by atoms with Crippen LogP contribution >= 0.6 is 0 Å². The Bertz CT molecular complexity index is 897. The van der Waals surface area contributed by atoms with Gasteiger partial charge in [-0.15, -0.1) is 0 Å². The number of methoxy groups -OCH3 is 2. The lowest BCUT2D eigenvalue weighted by atomic mass is 10.2. The third kappa shape index (κ3) is 5.46. The van der Waals surface area contributed by atoms with Crippen molar-refractivity contribution >= 4 is 21.6 Å². The molecule has 8 heteroatoms. The highest BCUT2D eigenvalue weighted by atomic mass is 32.2. The van der Waals surface area contributed by atoms with Gasteiger partial charge in [0.05, 0.1) is 24.3 Å². The van der Waals surface area contributed by atoms with Crippen LogP contribution < -0.4 is 14.4 Å². The van der Waals surface area contributed by atoms with Gasteiger partial charge in [0.1, 0.15) is 12.3 Å². The molecule has 2 aromatic carbocycles. The molecular weight excluding hydrogens is 380 g/mol. The molecule has 0 heterocycles. The molecule has 152 valence electrons. The number of amides is 1. The van der Waals surface area contributed by atoms with E-state index in [9.17, 15) is 13.2 Å². The van der Waals surface area contributed by atoms with E-state index in [1.54, 1.807) is 43.3 Å². The van der Waals surface area contributed by atoms with Crippen LogP contribution in [0.4, 0.5) is 5.69 Å². The third-order valence-corrected chi connectivity index (χ3v) is 5.85. The smallest absolute Gasteiger partial charge is 0.264 e. The summed E-state index contributed by atoms with van der Waals surface area (Å²) >= 11 is 0. The Morgan fingerprint density at radius 3 is 2.43 bits per heavy atom. The average molecular weight is 407 g/mol. The summed E-state index contributed by atoms with van der Waals surface area (Å²) in [5.41, 5.74) is 1.28. The van der Waals surface area contributed by atoms with Gasteiger partial charge in [0, 0.05) is 19.2 Å². The molecule has 7 nitrogen and oxygen atoms in total. The number of ether oxygens (including phenoxy) is 2. The molecule has 0 aliphatic carbocycles. The van der Waals surface area contributed by atoms with Crippen molar-refractivity contribution in [2.24, 2.45) is 0 Å². The maximum absolute atomic E-state index is 13.3. The van der Waals surface area contributed by atoms with Crippen LogP contribution in [0.2, 0.25) is 0 Å². The summed E-state index contributed by atoms with van der Waals surface area (Å²) in [5.74, 6) is 0.0674. The fourth-order valence-corrected chi connectivity index (χ4v) is 4.07. The van der Waals surface area contributed by atoms with E-state index < -0.39 is 15.9 Å². The van der Waals surface area contributed by atoms with Gasteiger partial charge in [0.15, 0.2) is 0 Å². The number of hydrogen-bond donors (Lipinski definition) is 1. The number of hydrogen-bond acceptors (Lipinski definition) is 5. The molecule has 0 aliphatic heterocycles. The van der Waals surface area contributed by atoms with E-state index in [2.05, 4.69) is 5.32 Å². The Kier molecular flexibility index (Phi) is 7.42. The van der Waals surface area contributed by atoms with Crippen LogP contribution in [0.3, 0.4) is 0 Å². The van der Waals surface area contributed by atoms with E-state index >= 15 is 0 Å². The van der Waals surface area contributed by atoms with Crippen molar-refractivity contribution in [3.8, 4) is 5.75 Å². The SMILES string of the molecule is COC[C@H](C)NC(=O)CN(c1cccc(OC)c1)S(=O)(=O)c1ccc(C)cc1. The summed E-state index contributed by atoms with van der Waals surface area (Å²) in [6, 6.07) is 12.9. The van der Waals surface area contributed by atoms with E-state index in [0.717, 1.165) is 9.87 Å². The lowest BCUT2D eigenvalue weighted by Crippen LogP contribution is -2.44. The zero-order chi connectivity index (χ0) is 20.7. The largest absolute Gasteiger partial charge is 0.497 e. The maximum Gasteiger partial charge on any atom is 0.264 e. The number of nitrogens with one attached hydrogen (secondary N) is 1. The number of aryl methyl sites for hydroxylation is 1. The predicted molar refractivity (Wildman–Crippen MR) is 108 cm³/mol. The monoisotopic (exact) mass is 406 g/mol. The molecule has 1 N–H and O–H groups in total. The Hall–Kier alpha value is -2.58. The maximum atomic E-state index is 13.3. The average Bonchev–Trinajstić information content (AvgIpc) is 2.66. The Morgan fingerprint density at radius 2 is 1.82 bits per heavy atom. The third-order valence-electron chi connectivity index (χ3n) is 4.06. The summed E-state index contributed by atoms with van der Waals surface area (Å²) in [5, 5.41) is 2.74. The van der Waals surface area contributed by atoms with Gasteiger partial charge in [-0.1, -0.05) is 23.8 Å². The summed E-state index contributed by atoms with van der Waals surface area (Å²) in [7, 11) is -0.921. The molecule has 0 aromatic heterocycles. The van der Waals surface area contributed by atoms with Gasteiger partial charge in [-0.2, -0.15) is 0 Å². The van der Waals surface area contributed by atoms with Crippen molar-refractivity contribution in [3.05, 3.63) is 54.1 Å². The minimum Gasteiger partial charge on any atom is -0.497 e. The minimum absolute atomic E-state index is 0.110. The molecule has 0 aliphatic rings. The topological polar surface area (TPSA) is 84.9 Å². The Morgan fingerprint density at radius 1 is 1.14 bits per heavy atom. The van der Waals surface area contributed by atoms with E-state index in [4.69, 9.17) is 9.47 Å². The second-order valence-corrected chi connectivity index (χ2v) is 8.31. The minimum atomic E-state index is -3.95. The molecule has 2 aromatic rings. The fourth-order valence-electron chi connectivity index (χ4n) is 2.66. The lowest BCUT2D eigenvalue weighted by molar-refractivity contribution is -0.120. The van der Waals surface area contributed by atoms with Gasteiger partial charge in [0.25, 0.3) is 10.0 Å². The summed E-state index contributed by atoms with van der Waals surface area (Å²) in [6.45, 7) is 3.62. The first-order valence-electron chi connectivity index (χ1n) is 8.79. The van der Waals surface area contributed by atoms with Crippen LogP contribution in [0.5, 0.6) is 5.75 Å². The highest BCUT2D eigenvalue weighted by molar-refractivity contribution is 7.92. The van der Waals surface area contributed by atoms with Crippen molar-refractivity contribution in [3.63, 3.8) is 0 Å². The van der Waals surface area contributed by atoms with Crippen LogP contribution in [0, 0.1) is 6.92 Å². The van der Waals surface area contributed by atoms with Crippen LogP contribution in [0.25, 0.3) is 0 Å². The number of carbonyl (C=O) groups excluding carboxylic acids is 1. The highest BCUT2D eigenvalue weighted by Crippen LogP contribution is 2.27. The first kappa shape index (κ1) is 21.7. The zero-order valence-electron chi connectivity index (χ0n) is 16.5. The van der Waals surface area contributed by atoms with Crippen molar-refractivity contribution in [1.82, 2.24) is 5.32 Å². The second kappa shape index (κ2) is 9.57. The number of carbonyl (C=O) groups is 1.